The highest BCUT2D eigenvalue weighted by Crippen LogP contribution is 2.24. The Hall–Kier alpha value is -2.51. The zero-order chi connectivity index (χ0) is 18.1. The van der Waals surface area contributed by atoms with E-state index >= 15 is 0 Å². The molecular weight excluding hydrogens is 367 g/mol. The van der Waals surface area contributed by atoms with Gasteiger partial charge in [0.15, 0.2) is 4.80 Å². The highest BCUT2D eigenvalue weighted by atomic mass is 35.5. The molecule has 0 aliphatic rings. The average Bonchev–Trinajstić information content (AvgIpc) is 2.93. The van der Waals surface area contributed by atoms with Crippen molar-refractivity contribution in [2.45, 2.75) is 13.0 Å². The monoisotopic (exact) mass is 378 g/mol. The summed E-state index contributed by atoms with van der Waals surface area (Å²) in [7, 11) is 0. The van der Waals surface area contributed by atoms with E-state index in [1.807, 2.05) is 0 Å². The van der Waals surface area contributed by atoms with Crippen LogP contribution in [0.1, 0.15) is 23.3 Å². The second-order valence-electron chi connectivity index (χ2n) is 5.28. The third kappa shape index (κ3) is 3.33. The first-order valence-electron chi connectivity index (χ1n) is 7.25. The van der Waals surface area contributed by atoms with Gasteiger partial charge in [0.2, 0.25) is 0 Å². The van der Waals surface area contributed by atoms with Crippen LogP contribution in [0.25, 0.3) is 10.2 Å². The van der Waals surface area contributed by atoms with Crippen LogP contribution in [0.2, 0.25) is 5.02 Å². The molecule has 1 unspecified atom stereocenters. The fraction of sp³-hybridized carbons (Fsp3) is 0.118. The fourth-order valence-corrected chi connectivity index (χ4v) is 3.66. The number of nitrogens with zero attached hydrogens (tertiary/aromatic N) is 2. The quantitative estimate of drug-likeness (QED) is 0.751. The molecule has 0 aliphatic heterocycles. The maximum Gasteiger partial charge on any atom is 0.326 e. The summed E-state index contributed by atoms with van der Waals surface area (Å²) in [5.74, 6) is -2.19. The molecular formula is C17H12ClFN2O3S. The van der Waals surface area contributed by atoms with Crippen molar-refractivity contribution in [2.75, 3.05) is 0 Å². The summed E-state index contributed by atoms with van der Waals surface area (Å²) in [6.45, 7) is 1.45. The highest BCUT2D eigenvalue weighted by Gasteiger charge is 2.20. The van der Waals surface area contributed by atoms with Crippen LogP contribution < -0.4 is 4.80 Å². The molecule has 0 spiro atoms. The number of hydrogen-bond acceptors (Lipinski definition) is 3. The molecule has 0 radical (unpaired) electrons. The van der Waals surface area contributed by atoms with E-state index in [4.69, 9.17) is 11.6 Å². The number of rotatable bonds is 3. The summed E-state index contributed by atoms with van der Waals surface area (Å²) in [6, 6.07) is 9.60. The topological polar surface area (TPSA) is 71.7 Å². The van der Waals surface area contributed by atoms with Crippen molar-refractivity contribution in [1.29, 1.82) is 0 Å². The molecule has 1 N–H and O–H groups in total. The van der Waals surface area contributed by atoms with Gasteiger partial charge >= 0.3 is 5.97 Å². The Balaban J connectivity index is 2.24. The molecule has 128 valence electrons. The molecule has 0 saturated carbocycles. The maximum absolute atomic E-state index is 14.1. The molecule has 1 atom stereocenters. The van der Waals surface area contributed by atoms with E-state index in [0.717, 1.165) is 11.3 Å². The molecule has 5 nitrogen and oxygen atoms in total. The fourth-order valence-electron chi connectivity index (χ4n) is 2.37. The number of amides is 1. The van der Waals surface area contributed by atoms with Gasteiger partial charge in [-0.1, -0.05) is 35.1 Å². The van der Waals surface area contributed by atoms with Gasteiger partial charge in [0.1, 0.15) is 11.9 Å². The summed E-state index contributed by atoms with van der Waals surface area (Å²) >= 11 is 6.80. The molecule has 0 bridgehead atoms. The van der Waals surface area contributed by atoms with Gasteiger partial charge in [-0.15, -0.1) is 0 Å². The smallest absolute Gasteiger partial charge is 0.326 e. The SMILES string of the molecule is CC(C(=O)O)n1c(=NC(=O)c2cccc(Cl)c2)sc2c(F)cccc21. The van der Waals surface area contributed by atoms with Gasteiger partial charge < -0.3 is 9.67 Å². The first-order chi connectivity index (χ1) is 11.9. The van der Waals surface area contributed by atoms with Crippen molar-refractivity contribution in [3.8, 4) is 0 Å². The van der Waals surface area contributed by atoms with Gasteiger partial charge in [0.25, 0.3) is 5.91 Å². The lowest BCUT2D eigenvalue weighted by Crippen LogP contribution is -2.25. The number of carboxylic acid groups (broad SMARTS) is 1. The number of carbonyl (C=O) groups excluding carboxylic acids is 1. The van der Waals surface area contributed by atoms with Gasteiger partial charge in [-0.2, -0.15) is 4.99 Å². The molecule has 0 fully saturated rings. The second kappa shape index (κ2) is 6.78. The van der Waals surface area contributed by atoms with E-state index in [9.17, 15) is 19.1 Å². The molecule has 25 heavy (non-hydrogen) atoms. The highest BCUT2D eigenvalue weighted by molar-refractivity contribution is 7.16. The van der Waals surface area contributed by atoms with Crippen LogP contribution in [0.3, 0.4) is 0 Å². The van der Waals surface area contributed by atoms with Crippen LogP contribution in [0.5, 0.6) is 0 Å². The molecule has 1 heterocycles. The minimum Gasteiger partial charge on any atom is -0.480 e. The number of hydrogen-bond donors (Lipinski definition) is 1. The van der Waals surface area contributed by atoms with Crippen LogP contribution in [-0.2, 0) is 4.79 Å². The summed E-state index contributed by atoms with van der Waals surface area (Å²) in [4.78, 5) is 27.9. The van der Waals surface area contributed by atoms with Gasteiger partial charge in [-0.05, 0) is 37.3 Å². The van der Waals surface area contributed by atoms with Crippen molar-refractivity contribution in [1.82, 2.24) is 4.57 Å². The van der Waals surface area contributed by atoms with E-state index in [-0.39, 0.29) is 15.1 Å². The van der Waals surface area contributed by atoms with Crippen LogP contribution in [0.15, 0.2) is 47.5 Å². The second-order valence-corrected chi connectivity index (χ2v) is 6.70. The molecule has 0 saturated heterocycles. The lowest BCUT2D eigenvalue weighted by molar-refractivity contribution is -0.140. The normalized spacial score (nSPS) is 13.2. The molecule has 8 heteroatoms. The van der Waals surface area contributed by atoms with Crippen molar-refractivity contribution < 1.29 is 19.1 Å². The summed E-state index contributed by atoms with van der Waals surface area (Å²) in [5.41, 5.74) is 0.637. The Kier molecular flexibility index (Phi) is 4.69. The number of halogens is 2. The first kappa shape index (κ1) is 17.3. The van der Waals surface area contributed by atoms with E-state index in [1.165, 1.54) is 29.7 Å². The molecule has 3 aromatic rings. The molecule has 1 amide bonds. The Morgan fingerprint density at radius 1 is 1.28 bits per heavy atom. The zero-order valence-electron chi connectivity index (χ0n) is 12.9. The standard InChI is InChI=1S/C17H12ClFN2O3S/c1-9(16(23)24)21-13-7-3-6-12(19)14(13)25-17(21)20-15(22)10-4-2-5-11(18)8-10/h2-9H,1H3,(H,23,24). The van der Waals surface area contributed by atoms with Gasteiger partial charge in [-0.25, -0.2) is 9.18 Å². The Morgan fingerprint density at radius 2 is 2.00 bits per heavy atom. The minimum absolute atomic E-state index is 0.111. The summed E-state index contributed by atoms with van der Waals surface area (Å²) < 4.78 is 15.6. The van der Waals surface area contributed by atoms with Crippen LogP contribution in [-0.4, -0.2) is 21.6 Å². The average molecular weight is 379 g/mol. The molecule has 0 aliphatic carbocycles. The Labute approximate surface area is 150 Å². The number of aliphatic carboxylic acids is 1. The van der Waals surface area contributed by atoms with E-state index < -0.39 is 23.7 Å². The molecule has 2 aromatic carbocycles. The van der Waals surface area contributed by atoms with Gasteiger partial charge in [0.05, 0.1) is 10.2 Å². The van der Waals surface area contributed by atoms with Crippen LogP contribution in [0, 0.1) is 5.82 Å². The van der Waals surface area contributed by atoms with E-state index in [0.29, 0.717) is 10.5 Å². The largest absolute Gasteiger partial charge is 0.480 e. The maximum atomic E-state index is 14.1. The predicted octanol–water partition coefficient (Wildman–Crippen LogP) is 3.88. The Morgan fingerprint density at radius 3 is 2.68 bits per heavy atom. The van der Waals surface area contributed by atoms with Crippen molar-refractivity contribution in [3.05, 3.63) is 63.7 Å². The number of aromatic nitrogens is 1. The van der Waals surface area contributed by atoms with E-state index in [2.05, 4.69) is 4.99 Å². The number of benzene rings is 2. The minimum atomic E-state index is -1.11. The summed E-state index contributed by atoms with van der Waals surface area (Å²) in [6.07, 6.45) is 0. The van der Waals surface area contributed by atoms with Gasteiger partial charge in [0, 0.05) is 10.6 Å². The number of thiazole rings is 1. The molecule has 3 rings (SSSR count). The number of carboxylic acids is 1. The van der Waals surface area contributed by atoms with Crippen molar-refractivity contribution >= 4 is 45.0 Å². The predicted molar refractivity (Wildman–Crippen MR) is 93.5 cm³/mol. The van der Waals surface area contributed by atoms with Crippen molar-refractivity contribution in [2.24, 2.45) is 4.99 Å². The van der Waals surface area contributed by atoms with Crippen molar-refractivity contribution in [3.63, 3.8) is 0 Å². The molecule has 1 aromatic heterocycles. The number of carbonyl (C=O) groups is 2. The number of fused-ring (bicyclic) bond motifs is 1. The lowest BCUT2D eigenvalue weighted by atomic mass is 10.2. The Bertz CT molecular complexity index is 1060. The first-order valence-corrected chi connectivity index (χ1v) is 8.45. The zero-order valence-corrected chi connectivity index (χ0v) is 14.5. The van der Waals surface area contributed by atoms with E-state index in [1.54, 1.807) is 24.3 Å². The van der Waals surface area contributed by atoms with Crippen LogP contribution in [0.4, 0.5) is 4.39 Å². The summed E-state index contributed by atoms with van der Waals surface area (Å²) in [5, 5.41) is 9.73. The third-order valence-corrected chi connectivity index (χ3v) is 4.93. The lowest BCUT2D eigenvalue weighted by Gasteiger charge is -2.09. The van der Waals surface area contributed by atoms with Gasteiger partial charge in [-0.3, -0.25) is 4.79 Å². The van der Waals surface area contributed by atoms with Crippen LogP contribution >= 0.6 is 22.9 Å². The third-order valence-electron chi connectivity index (χ3n) is 3.62.